The van der Waals surface area contributed by atoms with Crippen LogP contribution >= 0.6 is 0 Å². The van der Waals surface area contributed by atoms with E-state index in [0.717, 1.165) is 0 Å². The van der Waals surface area contributed by atoms with Gasteiger partial charge in [-0.2, -0.15) is 4.98 Å². The van der Waals surface area contributed by atoms with Crippen molar-refractivity contribution in [2.24, 2.45) is 0 Å². The molecule has 0 bridgehead atoms. The van der Waals surface area contributed by atoms with Gasteiger partial charge in [-0.05, 0) is 36.4 Å². The molecule has 2 aromatic carbocycles. The molecule has 7 heteroatoms. The van der Waals surface area contributed by atoms with E-state index >= 15 is 0 Å². The number of rotatable bonds is 6. The van der Waals surface area contributed by atoms with Crippen molar-refractivity contribution in [1.82, 2.24) is 10.1 Å². The summed E-state index contributed by atoms with van der Waals surface area (Å²) in [6.07, 6.45) is 0. The van der Waals surface area contributed by atoms with Crippen molar-refractivity contribution in [3.05, 3.63) is 60.2 Å². The van der Waals surface area contributed by atoms with Crippen molar-refractivity contribution < 1.29 is 18.4 Å². The van der Waals surface area contributed by atoms with E-state index in [-0.39, 0.29) is 24.2 Å². The summed E-state index contributed by atoms with van der Waals surface area (Å²) in [5.74, 6) is 0.809. The second-order valence-electron chi connectivity index (χ2n) is 5.95. The summed E-state index contributed by atoms with van der Waals surface area (Å²) in [5.41, 5.74) is 1.10. The van der Waals surface area contributed by atoms with Crippen molar-refractivity contribution in [3.63, 3.8) is 0 Å². The lowest BCUT2D eigenvalue weighted by atomic mass is 10.2. The fourth-order valence-corrected chi connectivity index (χ4v) is 2.22. The predicted molar refractivity (Wildman–Crippen MR) is 94.3 cm³/mol. The smallest absolute Gasteiger partial charge is 0.262 e. The van der Waals surface area contributed by atoms with Gasteiger partial charge in [-0.1, -0.05) is 31.1 Å². The molecule has 26 heavy (non-hydrogen) atoms. The van der Waals surface area contributed by atoms with Gasteiger partial charge in [0.2, 0.25) is 0 Å². The standard InChI is InChI=1S/C19H18FN3O3/c1-12(2)18-22-19(26-23-18)15-5-3-4-6-16(15)25-11-17(24)21-14-9-7-13(20)8-10-14/h3-10,12H,11H2,1-2H3,(H,21,24). The lowest BCUT2D eigenvalue weighted by Crippen LogP contribution is -2.20. The van der Waals surface area contributed by atoms with Gasteiger partial charge >= 0.3 is 0 Å². The Hall–Kier alpha value is -3.22. The fourth-order valence-electron chi connectivity index (χ4n) is 2.22. The van der Waals surface area contributed by atoms with Gasteiger partial charge in [0, 0.05) is 11.6 Å². The van der Waals surface area contributed by atoms with E-state index in [4.69, 9.17) is 9.26 Å². The van der Waals surface area contributed by atoms with Crippen molar-refractivity contribution in [2.75, 3.05) is 11.9 Å². The maximum absolute atomic E-state index is 12.9. The van der Waals surface area contributed by atoms with Crippen LogP contribution in [0.15, 0.2) is 53.1 Å². The minimum Gasteiger partial charge on any atom is -0.483 e. The second-order valence-corrected chi connectivity index (χ2v) is 5.95. The second kappa shape index (κ2) is 7.77. The molecule has 3 rings (SSSR count). The SMILES string of the molecule is CC(C)c1noc(-c2ccccc2OCC(=O)Nc2ccc(F)cc2)n1. The Morgan fingerprint density at radius 3 is 2.62 bits per heavy atom. The highest BCUT2D eigenvalue weighted by molar-refractivity contribution is 5.91. The third-order valence-electron chi connectivity index (χ3n) is 3.56. The number of carbonyl (C=O) groups excluding carboxylic acids is 1. The molecule has 0 aliphatic heterocycles. The largest absolute Gasteiger partial charge is 0.483 e. The number of hydrogen-bond acceptors (Lipinski definition) is 5. The highest BCUT2D eigenvalue weighted by Gasteiger charge is 2.16. The van der Waals surface area contributed by atoms with Crippen molar-refractivity contribution in [3.8, 4) is 17.2 Å². The Bertz CT molecular complexity index is 891. The van der Waals surface area contributed by atoms with Crippen LogP contribution in [-0.4, -0.2) is 22.7 Å². The Balaban J connectivity index is 1.68. The molecule has 0 spiro atoms. The summed E-state index contributed by atoms with van der Waals surface area (Å²) in [7, 11) is 0. The molecule has 0 saturated heterocycles. The predicted octanol–water partition coefficient (Wildman–Crippen LogP) is 4.02. The van der Waals surface area contributed by atoms with Crippen LogP contribution in [0.4, 0.5) is 10.1 Å². The zero-order chi connectivity index (χ0) is 18.5. The molecule has 0 saturated carbocycles. The molecule has 0 aliphatic rings. The summed E-state index contributed by atoms with van der Waals surface area (Å²) < 4.78 is 23.8. The maximum atomic E-state index is 12.9. The quantitative estimate of drug-likeness (QED) is 0.723. The minimum absolute atomic E-state index is 0.141. The highest BCUT2D eigenvalue weighted by atomic mass is 19.1. The molecule has 0 aliphatic carbocycles. The average molecular weight is 355 g/mol. The number of para-hydroxylation sites is 1. The molecule has 6 nitrogen and oxygen atoms in total. The molecule has 0 atom stereocenters. The number of ether oxygens (including phenoxy) is 1. The van der Waals surface area contributed by atoms with Crippen molar-refractivity contribution >= 4 is 11.6 Å². The Kier molecular flexibility index (Phi) is 5.26. The summed E-state index contributed by atoms with van der Waals surface area (Å²) in [6, 6.07) is 12.6. The molecule has 1 amide bonds. The van der Waals surface area contributed by atoms with Crippen molar-refractivity contribution in [2.45, 2.75) is 19.8 Å². The van der Waals surface area contributed by atoms with Gasteiger partial charge < -0.3 is 14.6 Å². The molecular formula is C19H18FN3O3. The molecule has 134 valence electrons. The van der Waals surface area contributed by atoms with E-state index < -0.39 is 0 Å². The zero-order valence-corrected chi connectivity index (χ0v) is 14.4. The van der Waals surface area contributed by atoms with Crippen LogP contribution in [0.2, 0.25) is 0 Å². The molecule has 1 aromatic heterocycles. The third-order valence-corrected chi connectivity index (χ3v) is 3.56. The molecule has 0 fully saturated rings. The van der Waals surface area contributed by atoms with Crippen LogP contribution in [0.1, 0.15) is 25.6 Å². The third kappa shape index (κ3) is 4.24. The van der Waals surface area contributed by atoms with Gasteiger partial charge in [0.25, 0.3) is 11.8 Å². The highest BCUT2D eigenvalue weighted by Crippen LogP contribution is 2.29. The summed E-state index contributed by atoms with van der Waals surface area (Å²) >= 11 is 0. The van der Waals surface area contributed by atoms with Gasteiger partial charge in [-0.15, -0.1) is 0 Å². The number of halogens is 1. The normalized spacial score (nSPS) is 10.8. The first-order chi connectivity index (χ1) is 12.5. The summed E-state index contributed by atoms with van der Waals surface area (Å²) in [6.45, 7) is 3.73. The number of aromatic nitrogens is 2. The number of carbonyl (C=O) groups is 1. The topological polar surface area (TPSA) is 77.2 Å². The molecular weight excluding hydrogens is 337 g/mol. The van der Waals surface area contributed by atoms with Crippen LogP contribution in [-0.2, 0) is 4.79 Å². The molecule has 0 unspecified atom stereocenters. The monoisotopic (exact) mass is 355 g/mol. The molecule has 1 heterocycles. The van der Waals surface area contributed by atoms with Gasteiger partial charge in [0.15, 0.2) is 12.4 Å². The van der Waals surface area contributed by atoms with Gasteiger partial charge in [-0.3, -0.25) is 4.79 Å². The van der Waals surface area contributed by atoms with Crippen LogP contribution in [0.3, 0.4) is 0 Å². The van der Waals surface area contributed by atoms with E-state index in [1.54, 1.807) is 18.2 Å². The van der Waals surface area contributed by atoms with E-state index in [0.29, 0.717) is 28.7 Å². The number of nitrogens with one attached hydrogen (secondary N) is 1. The van der Waals surface area contributed by atoms with Crippen LogP contribution in [0.5, 0.6) is 5.75 Å². The van der Waals surface area contributed by atoms with Gasteiger partial charge in [0.1, 0.15) is 11.6 Å². The lowest BCUT2D eigenvalue weighted by molar-refractivity contribution is -0.118. The van der Waals surface area contributed by atoms with Gasteiger partial charge in [-0.25, -0.2) is 4.39 Å². The van der Waals surface area contributed by atoms with E-state index in [2.05, 4.69) is 15.5 Å². The van der Waals surface area contributed by atoms with Crippen molar-refractivity contribution in [1.29, 1.82) is 0 Å². The Labute approximate surface area is 150 Å². The number of anilines is 1. The van der Waals surface area contributed by atoms with E-state index in [9.17, 15) is 9.18 Å². The average Bonchev–Trinajstić information content (AvgIpc) is 3.12. The van der Waals surface area contributed by atoms with E-state index in [1.165, 1.54) is 24.3 Å². The molecule has 3 aromatic rings. The lowest BCUT2D eigenvalue weighted by Gasteiger charge is -2.09. The summed E-state index contributed by atoms with van der Waals surface area (Å²) in [4.78, 5) is 16.4. The fraction of sp³-hybridized carbons (Fsp3) is 0.211. The number of nitrogens with zero attached hydrogens (tertiary/aromatic N) is 2. The van der Waals surface area contributed by atoms with Gasteiger partial charge in [0.05, 0.1) is 5.56 Å². The number of amides is 1. The van der Waals surface area contributed by atoms with Crippen LogP contribution in [0.25, 0.3) is 11.5 Å². The van der Waals surface area contributed by atoms with E-state index in [1.807, 2.05) is 19.9 Å². The maximum Gasteiger partial charge on any atom is 0.262 e. The Morgan fingerprint density at radius 2 is 1.92 bits per heavy atom. The van der Waals surface area contributed by atoms with Crippen LogP contribution in [0, 0.1) is 5.82 Å². The van der Waals surface area contributed by atoms with Crippen LogP contribution < -0.4 is 10.1 Å². The summed E-state index contributed by atoms with van der Waals surface area (Å²) in [5, 5.41) is 6.58. The first-order valence-electron chi connectivity index (χ1n) is 8.14. The number of benzene rings is 2. The first-order valence-corrected chi connectivity index (χ1v) is 8.14. The Morgan fingerprint density at radius 1 is 1.19 bits per heavy atom. The molecule has 1 N–H and O–H groups in total. The number of hydrogen-bond donors (Lipinski definition) is 1. The first kappa shape index (κ1) is 17.6. The minimum atomic E-state index is -0.367. The zero-order valence-electron chi connectivity index (χ0n) is 14.4. The molecule has 0 radical (unpaired) electrons.